The highest BCUT2D eigenvalue weighted by Gasteiger charge is 2.70. The van der Waals surface area contributed by atoms with Crippen molar-refractivity contribution < 1.29 is 0 Å². The predicted octanol–water partition coefficient (Wildman–Crippen LogP) is 10.2. The lowest BCUT2D eigenvalue weighted by Gasteiger charge is -2.67. The minimum Gasteiger partial charge on any atom is -0.0752 e. The third kappa shape index (κ3) is 5.27. The molecule has 0 saturated heterocycles. The smallest absolute Gasteiger partial charge is 0.0410 e. The van der Waals surface area contributed by atoms with Crippen molar-refractivity contribution in [2.24, 2.45) is 0 Å². The van der Waals surface area contributed by atoms with Crippen LogP contribution in [0.1, 0.15) is 83.1 Å². The van der Waals surface area contributed by atoms with E-state index in [2.05, 4.69) is 149 Å². The maximum atomic E-state index is 3.01. The van der Waals surface area contributed by atoms with Crippen molar-refractivity contribution in [3.8, 4) is 0 Å². The third-order valence-electron chi connectivity index (χ3n) is 13.0. The second-order valence-electron chi connectivity index (χ2n) is 17.9. The highest BCUT2D eigenvalue weighted by atomic mass is 30.2. The van der Waals surface area contributed by atoms with Crippen LogP contribution >= 0.6 is 0 Å². The van der Waals surface area contributed by atoms with Crippen molar-refractivity contribution in [3.63, 3.8) is 0 Å². The summed E-state index contributed by atoms with van der Waals surface area (Å²) in [5, 5.41) is 1.92. The predicted molar refractivity (Wildman–Crippen MR) is 178 cm³/mol. The van der Waals surface area contributed by atoms with Gasteiger partial charge >= 0.3 is 0 Å². The van der Waals surface area contributed by atoms with E-state index in [4.69, 9.17) is 0 Å². The lowest BCUT2D eigenvalue weighted by molar-refractivity contribution is 0.726. The van der Waals surface area contributed by atoms with Gasteiger partial charge in [0.25, 0.3) is 0 Å². The Labute approximate surface area is 219 Å². The average molecular weight is 575 g/mol. The van der Waals surface area contributed by atoms with Gasteiger partial charge in [0.05, 0.1) is 0 Å². The van der Waals surface area contributed by atoms with Gasteiger partial charge in [-0.25, -0.2) is 0 Å². The summed E-state index contributed by atoms with van der Waals surface area (Å²) in [5.74, 6) is 0. The number of hydrogen-bond acceptors (Lipinski definition) is 0. The van der Waals surface area contributed by atoms with Gasteiger partial charge in [0, 0.05) is 52.2 Å². The maximum absolute atomic E-state index is 3.01. The Kier molecular flexibility index (Phi) is 9.49. The second-order valence-corrected chi connectivity index (χ2v) is 86.6. The fourth-order valence-corrected chi connectivity index (χ4v) is 201. The normalized spacial score (nSPS) is 16.9. The molecular formula is C26H66Si7. The van der Waals surface area contributed by atoms with Crippen LogP contribution in [-0.2, 0) is 0 Å². The highest BCUT2D eigenvalue weighted by Crippen LogP contribution is 2.56. The molecule has 0 atom stereocenters. The quantitative estimate of drug-likeness (QED) is 0.277. The lowest BCUT2D eigenvalue weighted by Crippen LogP contribution is -2.90. The Hall–Kier alpha value is 1.52. The third-order valence-corrected chi connectivity index (χ3v) is 148. The molecule has 0 N–H and O–H groups in total. The molecule has 0 aliphatic heterocycles. The molecule has 0 amide bonds. The van der Waals surface area contributed by atoms with E-state index in [0.29, 0.717) is 20.2 Å². The van der Waals surface area contributed by atoms with Gasteiger partial charge in [-0.05, 0) is 20.2 Å². The summed E-state index contributed by atoms with van der Waals surface area (Å²) < 4.78 is 0. The first-order chi connectivity index (χ1) is 13.7. The van der Waals surface area contributed by atoms with E-state index in [9.17, 15) is 0 Å². The average Bonchev–Trinajstić information content (AvgIpc) is 2.49. The first-order valence-corrected chi connectivity index (χ1v) is 37.5. The zero-order valence-electron chi connectivity index (χ0n) is 27.5. The van der Waals surface area contributed by atoms with Crippen LogP contribution in [0.3, 0.4) is 0 Å². The van der Waals surface area contributed by atoms with Gasteiger partial charge in [0.15, 0.2) is 0 Å². The lowest BCUT2D eigenvalue weighted by atomic mass is 10.2. The molecule has 0 spiro atoms. The summed E-state index contributed by atoms with van der Waals surface area (Å²) in [5.41, 5.74) is 0. The van der Waals surface area contributed by atoms with Crippen LogP contribution < -0.4 is 0 Å². The van der Waals surface area contributed by atoms with Gasteiger partial charge in [-0.15, -0.1) is 0 Å². The van der Waals surface area contributed by atoms with Crippen LogP contribution in [0.2, 0.25) is 85.6 Å². The molecule has 0 nitrogen and oxygen atoms in total. The van der Waals surface area contributed by atoms with Crippen LogP contribution in [0.15, 0.2) is 0 Å². The summed E-state index contributed by atoms with van der Waals surface area (Å²) >= 11 is 0. The van der Waals surface area contributed by atoms with Gasteiger partial charge in [-0.2, -0.15) is 0 Å². The summed E-state index contributed by atoms with van der Waals surface area (Å²) in [4.78, 5) is 0. The van der Waals surface area contributed by atoms with E-state index in [0.717, 1.165) is 0 Å². The van der Waals surface area contributed by atoms with Crippen LogP contribution in [0.25, 0.3) is 0 Å². The van der Waals surface area contributed by atoms with Crippen LogP contribution in [0.4, 0.5) is 0 Å². The molecule has 0 aromatic rings. The van der Waals surface area contributed by atoms with Crippen LogP contribution in [0, 0.1) is 0 Å². The first-order valence-electron chi connectivity index (χ1n) is 13.5. The van der Waals surface area contributed by atoms with E-state index >= 15 is 0 Å². The highest BCUT2D eigenvalue weighted by molar-refractivity contribution is 8.03. The van der Waals surface area contributed by atoms with Gasteiger partial charge in [-0.1, -0.05) is 149 Å². The van der Waals surface area contributed by atoms with Crippen molar-refractivity contribution in [2.45, 2.75) is 169 Å². The van der Waals surface area contributed by atoms with Crippen LogP contribution in [-0.4, -0.2) is 52.2 Å². The van der Waals surface area contributed by atoms with Gasteiger partial charge < -0.3 is 0 Å². The maximum Gasteiger partial charge on any atom is 0.0410 e. The number of rotatable bonds is 6. The molecule has 198 valence electrons. The molecule has 0 aliphatic rings. The van der Waals surface area contributed by atoms with E-state index in [-0.39, 0.29) is 0 Å². The first kappa shape index (κ1) is 34.5. The molecule has 0 aliphatic carbocycles. The monoisotopic (exact) mass is 574 g/mol. The summed E-state index contributed by atoms with van der Waals surface area (Å²) in [6.07, 6.45) is 0. The minimum atomic E-state index is -1.55. The van der Waals surface area contributed by atoms with Crippen LogP contribution in [0.5, 0.6) is 0 Å². The molecule has 2 radical (unpaired) electrons. The summed E-state index contributed by atoms with van der Waals surface area (Å²) in [7, 11) is -4.64. The molecule has 0 heterocycles. The SMILES string of the molecule is CC(C)(C)[Si](C)(C)[Si](C)([Si][Si](C)([Si](C)(C)C(C)(C)C)[Si](C)(C)C(C)(C)C)[Si](C)(C)C(C)(C)C. The molecule has 0 aromatic heterocycles. The fraction of sp³-hybridized carbons (Fsp3) is 1.00. The van der Waals surface area contributed by atoms with Gasteiger partial charge in [0.1, 0.15) is 0 Å². The number of hydrogen-bond donors (Lipinski definition) is 0. The molecule has 0 fully saturated rings. The van der Waals surface area contributed by atoms with Gasteiger partial charge in [0.2, 0.25) is 0 Å². The topological polar surface area (TPSA) is 0 Å². The van der Waals surface area contributed by atoms with E-state index < -0.39 is 43.6 Å². The Balaban J connectivity index is 7.75. The van der Waals surface area contributed by atoms with Gasteiger partial charge in [-0.3, -0.25) is 0 Å². The van der Waals surface area contributed by atoms with Crippen molar-refractivity contribution in [1.29, 1.82) is 0 Å². The van der Waals surface area contributed by atoms with Crippen molar-refractivity contribution >= 4 is 52.2 Å². The van der Waals surface area contributed by atoms with E-state index in [1.54, 1.807) is 0 Å². The molecule has 0 aromatic carbocycles. The molecule has 0 bridgehead atoms. The van der Waals surface area contributed by atoms with Crippen molar-refractivity contribution in [3.05, 3.63) is 0 Å². The molecular weight excluding hydrogens is 509 g/mol. The molecule has 33 heavy (non-hydrogen) atoms. The second kappa shape index (κ2) is 9.07. The Morgan fingerprint density at radius 3 is 0.515 bits per heavy atom. The molecule has 0 saturated carbocycles. The zero-order chi connectivity index (χ0) is 27.7. The Bertz CT molecular complexity index is 578. The van der Waals surface area contributed by atoms with Crippen molar-refractivity contribution in [2.75, 3.05) is 0 Å². The Morgan fingerprint density at radius 2 is 0.424 bits per heavy atom. The molecule has 0 unspecified atom stereocenters. The largest absolute Gasteiger partial charge is 0.0752 e. The van der Waals surface area contributed by atoms with E-state index in [1.807, 2.05) is 0 Å². The summed E-state index contributed by atoms with van der Waals surface area (Å²) in [6, 6.07) is 0. The van der Waals surface area contributed by atoms with Crippen molar-refractivity contribution in [1.82, 2.24) is 0 Å². The minimum absolute atomic E-state index is 0.479. The molecule has 0 rings (SSSR count). The molecule has 7 heteroatoms. The fourth-order valence-electron chi connectivity index (χ4n) is 5.69. The Morgan fingerprint density at radius 1 is 0.303 bits per heavy atom. The zero-order valence-corrected chi connectivity index (χ0v) is 34.5. The van der Waals surface area contributed by atoms with E-state index in [1.165, 1.54) is 8.55 Å². The standard InChI is InChI=1S/C26H66Si7/c1-23(2,3)28(13,14)32(21,29(15,16)24(4,5)6)27-33(22,30(17,18)25(7,8)9)31(19,20)26(10,11)12/h1-22H3. The summed E-state index contributed by atoms with van der Waals surface area (Å²) in [6.45, 7) is 57.3.